The fourth-order valence-electron chi connectivity index (χ4n) is 3.40. The van der Waals surface area contributed by atoms with Crippen LogP contribution in [0.15, 0.2) is 18.2 Å². The van der Waals surface area contributed by atoms with Crippen LogP contribution in [0.5, 0.6) is 5.75 Å². The molecule has 142 valence electrons. The Bertz CT molecular complexity index is 871. The Morgan fingerprint density at radius 3 is 3.00 bits per heavy atom. The first-order valence-corrected chi connectivity index (χ1v) is 9.10. The van der Waals surface area contributed by atoms with E-state index in [0.29, 0.717) is 29.7 Å². The van der Waals surface area contributed by atoms with Gasteiger partial charge in [0.05, 0.1) is 18.3 Å². The molecule has 1 amide bonds. The first-order chi connectivity index (χ1) is 13.0. The van der Waals surface area contributed by atoms with Crippen molar-refractivity contribution in [1.29, 1.82) is 0 Å². The molecule has 27 heavy (non-hydrogen) atoms. The monoisotopic (exact) mass is 389 g/mol. The van der Waals surface area contributed by atoms with Crippen molar-refractivity contribution in [2.24, 2.45) is 0 Å². The number of halogens is 1. The van der Waals surface area contributed by atoms with E-state index in [-0.39, 0.29) is 24.5 Å². The number of aryl methyl sites for hydroxylation is 1. The number of nitrogen functional groups attached to an aromatic ring is 1. The van der Waals surface area contributed by atoms with Gasteiger partial charge in [0.2, 0.25) is 5.95 Å². The van der Waals surface area contributed by atoms with Gasteiger partial charge in [-0.1, -0.05) is 11.6 Å². The summed E-state index contributed by atoms with van der Waals surface area (Å²) in [7, 11) is 0. The Morgan fingerprint density at radius 2 is 2.19 bits per heavy atom. The van der Waals surface area contributed by atoms with Gasteiger partial charge >= 0.3 is 0 Å². The Kier molecular flexibility index (Phi) is 4.75. The van der Waals surface area contributed by atoms with Crippen LogP contribution in [-0.2, 0) is 9.53 Å². The number of nitrogens with one attached hydrogen (secondary N) is 1. The molecule has 1 aromatic heterocycles. The molecule has 0 spiro atoms. The normalized spacial score (nSPS) is 19.7. The van der Waals surface area contributed by atoms with Crippen LogP contribution in [0, 0.1) is 6.92 Å². The molecule has 4 rings (SSSR count). The Balaban J connectivity index is 1.77. The lowest BCUT2D eigenvalue weighted by molar-refractivity contribution is -0.118. The first-order valence-electron chi connectivity index (χ1n) is 8.73. The second-order valence-corrected chi connectivity index (χ2v) is 6.98. The Morgan fingerprint density at radius 1 is 1.33 bits per heavy atom. The SMILES string of the molecule is Cc1cc(N2CCCOC[C@@H]2c2cc3c(cc2Cl)OCC(=O)N3)nc(N)n1. The lowest BCUT2D eigenvalue weighted by Crippen LogP contribution is -2.32. The van der Waals surface area contributed by atoms with Crippen LogP contribution >= 0.6 is 11.6 Å². The van der Waals surface area contributed by atoms with Crippen molar-refractivity contribution in [2.75, 3.05) is 42.3 Å². The van der Waals surface area contributed by atoms with Crippen molar-refractivity contribution < 1.29 is 14.3 Å². The van der Waals surface area contributed by atoms with Crippen molar-refractivity contribution in [1.82, 2.24) is 9.97 Å². The predicted octanol–water partition coefficient (Wildman–Crippen LogP) is 2.32. The summed E-state index contributed by atoms with van der Waals surface area (Å²) >= 11 is 6.57. The number of carbonyl (C=O) groups excluding carboxylic acids is 1. The quantitative estimate of drug-likeness (QED) is 0.812. The van der Waals surface area contributed by atoms with E-state index in [0.717, 1.165) is 30.0 Å². The smallest absolute Gasteiger partial charge is 0.262 e. The third-order valence-corrected chi connectivity index (χ3v) is 4.91. The summed E-state index contributed by atoms with van der Waals surface area (Å²) in [6.45, 7) is 3.69. The number of amides is 1. The third kappa shape index (κ3) is 3.63. The van der Waals surface area contributed by atoms with E-state index in [9.17, 15) is 4.79 Å². The van der Waals surface area contributed by atoms with Crippen LogP contribution in [0.1, 0.15) is 23.7 Å². The number of hydrogen-bond acceptors (Lipinski definition) is 7. The molecule has 3 heterocycles. The standard InChI is InChI=1S/C18H20ClN5O3/c1-10-5-16(23-18(20)21-10)24-3-2-4-26-8-14(24)11-6-13-15(7-12(11)19)27-9-17(25)22-13/h5-7,14H,2-4,8-9H2,1H3,(H,22,25)(H2,20,21,23)/t14-/m1/s1. The van der Waals surface area contributed by atoms with Crippen molar-refractivity contribution >= 4 is 35.0 Å². The van der Waals surface area contributed by atoms with E-state index in [4.69, 9.17) is 26.8 Å². The summed E-state index contributed by atoms with van der Waals surface area (Å²) in [4.78, 5) is 22.4. The zero-order valence-corrected chi connectivity index (χ0v) is 15.6. The number of hydrogen-bond donors (Lipinski definition) is 2. The van der Waals surface area contributed by atoms with Gasteiger partial charge in [0, 0.05) is 36.0 Å². The van der Waals surface area contributed by atoms with Crippen LogP contribution < -0.4 is 20.7 Å². The molecule has 0 bridgehead atoms. The highest BCUT2D eigenvalue weighted by atomic mass is 35.5. The number of nitrogens with zero attached hydrogens (tertiary/aromatic N) is 3. The minimum Gasteiger partial charge on any atom is -0.482 e. The molecule has 1 fully saturated rings. The molecule has 2 aliphatic heterocycles. The largest absolute Gasteiger partial charge is 0.482 e. The summed E-state index contributed by atoms with van der Waals surface area (Å²) in [5, 5.41) is 3.37. The van der Waals surface area contributed by atoms with Crippen LogP contribution in [0.25, 0.3) is 0 Å². The second-order valence-electron chi connectivity index (χ2n) is 6.57. The number of fused-ring (bicyclic) bond motifs is 1. The van der Waals surface area contributed by atoms with Crippen LogP contribution in [0.3, 0.4) is 0 Å². The minimum atomic E-state index is -0.191. The highest BCUT2D eigenvalue weighted by molar-refractivity contribution is 6.31. The number of rotatable bonds is 2. The summed E-state index contributed by atoms with van der Waals surface area (Å²) in [5.74, 6) is 1.33. The van der Waals surface area contributed by atoms with Crippen molar-refractivity contribution in [3.63, 3.8) is 0 Å². The molecule has 1 aromatic carbocycles. The van der Waals surface area contributed by atoms with Crippen LogP contribution in [0.2, 0.25) is 5.02 Å². The number of aromatic nitrogens is 2. The van der Waals surface area contributed by atoms with Gasteiger partial charge in [-0.25, -0.2) is 4.98 Å². The fraction of sp³-hybridized carbons (Fsp3) is 0.389. The fourth-order valence-corrected chi connectivity index (χ4v) is 3.68. The summed E-state index contributed by atoms with van der Waals surface area (Å²) in [6, 6.07) is 5.29. The van der Waals surface area contributed by atoms with E-state index < -0.39 is 0 Å². The Labute approximate surface area is 161 Å². The maximum Gasteiger partial charge on any atom is 0.262 e. The second kappa shape index (κ2) is 7.21. The third-order valence-electron chi connectivity index (χ3n) is 4.58. The lowest BCUT2D eigenvalue weighted by Gasteiger charge is -2.32. The van der Waals surface area contributed by atoms with E-state index in [1.54, 1.807) is 6.07 Å². The van der Waals surface area contributed by atoms with Gasteiger partial charge in [0.25, 0.3) is 5.91 Å². The highest BCUT2D eigenvalue weighted by Crippen LogP contribution is 2.39. The molecule has 2 aliphatic rings. The minimum absolute atomic E-state index is 0.0131. The first kappa shape index (κ1) is 17.8. The predicted molar refractivity (Wildman–Crippen MR) is 102 cm³/mol. The maximum absolute atomic E-state index is 11.7. The molecule has 1 saturated heterocycles. The summed E-state index contributed by atoms with van der Waals surface area (Å²) in [5.41, 5.74) is 8.08. The molecule has 2 aromatic rings. The molecule has 0 saturated carbocycles. The van der Waals surface area contributed by atoms with E-state index in [2.05, 4.69) is 20.2 Å². The van der Waals surface area contributed by atoms with Gasteiger partial charge in [-0.3, -0.25) is 4.79 Å². The molecule has 1 atom stereocenters. The van der Waals surface area contributed by atoms with E-state index in [1.807, 2.05) is 19.1 Å². The maximum atomic E-state index is 11.7. The highest BCUT2D eigenvalue weighted by Gasteiger charge is 2.29. The van der Waals surface area contributed by atoms with Crippen LogP contribution in [-0.4, -0.2) is 42.2 Å². The molecule has 0 unspecified atom stereocenters. The van der Waals surface area contributed by atoms with Crippen molar-refractivity contribution in [3.05, 3.63) is 34.5 Å². The molecule has 0 radical (unpaired) electrons. The molecule has 9 heteroatoms. The van der Waals surface area contributed by atoms with E-state index in [1.165, 1.54) is 0 Å². The number of nitrogens with two attached hydrogens (primary N) is 1. The van der Waals surface area contributed by atoms with Gasteiger partial charge in [0.15, 0.2) is 6.61 Å². The molecular weight excluding hydrogens is 370 g/mol. The molecule has 0 aliphatic carbocycles. The topological polar surface area (TPSA) is 103 Å². The molecule has 3 N–H and O–H groups in total. The summed E-state index contributed by atoms with van der Waals surface area (Å²) in [6.07, 6.45) is 0.849. The van der Waals surface area contributed by atoms with Crippen LogP contribution in [0.4, 0.5) is 17.5 Å². The van der Waals surface area contributed by atoms with Crippen molar-refractivity contribution in [2.45, 2.75) is 19.4 Å². The number of ether oxygens (including phenoxy) is 2. The molecule has 8 nitrogen and oxygen atoms in total. The summed E-state index contributed by atoms with van der Waals surface area (Å²) < 4.78 is 11.2. The zero-order chi connectivity index (χ0) is 19.0. The number of benzene rings is 1. The lowest BCUT2D eigenvalue weighted by atomic mass is 10.0. The number of carbonyl (C=O) groups is 1. The Hall–Kier alpha value is -2.58. The zero-order valence-electron chi connectivity index (χ0n) is 14.9. The van der Waals surface area contributed by atoms with Gasteiger partial charge in [-0.15, -0.1) is 0 Å². The molecular formula is C18H20ClN5O3. The average Bonchev–Trinajstić information content (AvgIpc) is 2.86. The van der Waals surface area contributed by atoms with E-state index >= 15 is 0 Å². The van der Waals surface area contributed by atoms with Gasteiger partial charge in [0.1, 0.15) is 11.6 Å². The van der Waals surface area contributed by atoms with Gasteiger partial charge in [-0.2, -0.15) is 4.98 Å². The van der Waals surface area contributed by atoms with Gasteiger partial charge < -0.3 is 25.4 Å². The van der Waals surface area contributed by atoms with Gasteiger partial charge in [-0.05, 0) is 25.0 Å². The average molecular weight is 390 g/mol. The number of anilines is 3. The van der Waals surface area contributed by atoms with Crippen molar-refractivity contribution in [3.8, 4) is 5.75 Å².